The number of nitrogens with zero attached hydrogens (tertiary/aromatic N) is 2. The molecule has 0 fully saturated rings. The lowest BCUT2D eigenvalue weighted by Gasteiger charge is -2.12. The number of aromatic nitrogens is 1. The first kappa shape index (κ1) is 24.1. The van der Waals surface area contributed by atoms with Crippen LogP contribution in [0.2, 0.25) is 0 Å². The summed E-state index contributed by atoms with van der Waals surface area (Å²) < 4.78 is 11.5. The van der Waals surface area contributed by atoms with E-state index in [2.05, 4.69) is 11.4 Å². The van der Waals surface area contributed by atoms with E-state index in [4.69, 9.17) is 14.1 Å². The minimum Gasteiger partial charge on any atom is -0.452 e. The summed E-state index contributed by atoms with van der Waals surface area (Å²) in [6, 6.07) is 28.4. The number of pyridine rings is 1. The molecule has 1 N–H and O–H groups in total. The standard InChI is InChI=1S/C32H23N3O4/c33-18-24-28(20-10-3-1-4-11-20)30(21-12-5-2-6-13-21)39-31(24)35-27(36)19-38-32(37)29-22-14-7-8-16-25(22)34-26-17-9-15-23(26)29/h1-8,10-14,16H,9,15,17,19H2,(H,35,36). The molecule has 0 atom stereocenters. The van der Waals surface area contributed by atoms with Gasteiger partial charge in [-0.25, -0.2) is 4.79 Å². The molecule has 190 valence electrons. The molecule has 5 aromatic rings. The summed E-state index contributed by atoms with van der Waals surface area (Å²) in [6.07, 6.45) is 2.47. The van der Waals surface area contributed by atoms with Crippen molar-refractivity contribution >= 4 is 28.7 Å². The van der Waals surface area contributed by atoms with E-state index < -0.39 is 18.5 Å². The molecule has 0 bridgehead atoms. The fraction of sp³-hybridized carbons (Fsp3) is 0.125. The monoisotopic (exact) mass is 513 g/mol. The second kappa shape index (κ2) is 10.3. The lowest BCUT2D eigenvalue weighted by molar-refractivity contribution is -0.119. The molecule has 1 aliphatic carbocycles. The Morgan fingerprint density at radius 1 is 0.923 bits per heavy atom. The second-order valence-corrected chi connectivity index (χ2v) is 9.26. The third kappa shape index (κ3) is 4.53. The molecule has 0 saturated heterocycles. The number of furan rings is 1. The normalized spacial score (nSPS) is 12.1. The number of nitrogens with one attached hydrogen (secondary N) is 1. The summed E-state index contributed by atoms with van der Waals surface area (Å²) in [5, 5.41) is 13.4. The Morgan fingerprint density at radius 2 is 1.62 bits per heavy atom. The van der Waals surface area contributed by atoms with Crippen LogP contribution in [-0.2, 0) is 22.4 Å². The molecule has 0 unspecified atom stereocenters. The van der Waals surface area contributed by atoms with E-state index >= 15 is 0 Å². The number of esters is 1. The molecular formula is C32H23N3O4. The maximum atomic E-state index is 13.2. The van der Waals surface area contributed by atoms with Gasteiger partial charge in [0.25, 0.3) is 5.91 Å². The Morgan fingerprint density at radius 3 is 2.36 bits per heavy atom. The first-order valence-corrected chi connectivity index (χ1v) is 12.7. The number of hydrogen-bond acceptors (Lipinski definition) is 6. The fourth-order valence-corrected chi connectivity index (χ4v) is 5.11. The summed E-state index contributed by atoms with van der Waals surface area (Å²) in [6.45, 7) is -0.531. The first-order chi connectivity index (χ1) is 19.1. The lowest BCUT2D eigenvalue weighted by Crippen LogP contribution is -2.22. The Labute approximate surface area is 224 Å². The van der Waals surface area contributed by atoms with E-state index in [1.54, 1.807) is 0 Å². The van der Waals surface area contributed by atoms with Gasteiger partial charge in [-0.1, -0.05) is 78.9 Å². The molecule has 0 saturated carbocycles. The third-order valence-corrected chi connectivity index (χ3v) is 6.83. The zero-order chi connectivity index (χ0) is 26.8. The summed E-state index contributed by atoms with van der Waals surface area (Å²) >= 11 is 0. The average Bonchev–Trinajstić information content (AvgIpc) is 3.59. The quantitative estimate of drug-likeness (QED) is 0.267. The molecule has 7 nitrogen and oxygen atoms in total. The van der Waals surface area contributed by atoms with Gasteiger partial charge in [-0.3, -0.25) is 15.1 Å². The van der Waals surface area contributed by atoms with Crippen LogP contribution in [-0.4, -0.2) is 23.5 Å². The molecule has 0 aliphatic heterocycles. The summed E-state index contributed by atoms with van der Waals surface area (Å²) in [7, 11) is 0. The van der Waals surface area contributed by atoms with Crippen LogP contribution in [0.3, 0.4) is 0 Å². The van der Waals surface area contributed by atoms with Gasteiger partial charge in [-0.15, -0.1) is 0 Å². The van der Waals surface area contributed by atoms with Crippen LogP contribution >= 0.6 is 0 Å². The van der Waals surface area contributed by atoms with Crippen LogP contribution in [0.5, 0.6) is 0 Å². The van der Waals surface area contributed by atoms with Crippen LogP contribution in [0.25, 0.3) is 33.4 Å². The SMILES string of the molecule is N#Cc1c(NC(=O)COC(=O)c2c3c(nc4ccccc24)CCC3)oc(-c2ccccc2)c1-c1ccccc1. The van der Waals surface area contributed by atoms with Gasteiger partial charge in [0.15, 0.2) is 6.61 Å². The van der Waals surface area contributed by atoms with Crippen LogP contribution in [0.15, 0.2) is 89.3 Å². The van der Waals surface area contributed by atoms with Gasteiger partial charge in [-0.05, 0) is 36.5 Å². The van der Waals surface area contributed by atoms with Crippen molar-refractivity contribution < 1.29 is 18.7 Å². The van der Waals surface area contributed by atoms with Gasteiger partial charge < -0.3 is 9.15 Å². The number of ether oxygens (including phenoxy) is 1. The topological polar surface area (TPSA) is 105 Å². The maximum Gasteiger partial charge on any atom is 0.339 e. The second-order valence-electron chi connectivity index (χ2n) is 9.26. The first-order valence-electron chi connectivity index (χ1n) is 12.7. The molecule has 0 spiro atoms. The largest absolute Gasteiger partial charge is 0.452 e. The van der Waals surface area contributed by atoms with Crippen LogP contribution in [0, 0.1) is 11.3 Å². The van der Waals surface area contributed by atoms with Gasteiger partial charge in [0.1, 0.15) is 17.4 Å². The predicted molar refractivity (Wildman–Crippen MR) is 147 cm³/mol. The summed E-state index contributed by atoms with van der Waals surface area (Å²) in [5.41, 5.74) is 5.30. The van der Waals surface area contributed by atoms with E-state index in [1.807, 2.05) is 84.9 Å². The van der Waals surface area contributed by atoms with Crippen LogP contribution in [0.4, 0.5) is 5.88 Å². The van der Waals surface area contributed by atoms with E-state index in [0.717, 1.165) is 47.2 Å². The number of para-hydroxylation sites is 1. The molecule has 6 rings (SSSR count). The smallest absolute Gasteiger partial charge is 0.339 e. The zero-order valence-electron chi connectivity index (χ0n) is 20.9. The molecule has 2 heterocycles. The maximum absolute atomic E-state index is 13.2. The number of carbonyl (C=O) groups excluding carboxylic acids is 2. The number of benzene rings is 3. The highest BCUT2D eigenvalue weighted by molar-refractivity contribution is 6.06. The number of carbonyl (C=O) groups is 2. The number of fused-ring (bicyclic) bond motifs is 2. The van der Waals surface area contributed by atoms with Gasteiger partial charge in [-0.2, -0.15) is 5.26 Å². The zero-order valence-corrected chi connectivity index (χ0v) is 20.9. The van der Waals surface area contributed by atoms with Gasteiger partial charge in [0, 0.05) is 22.2 Å². The molecule has 1 aliphatic rings. The minimum atomic E-state index is -0.608. The highest BCUT2D eigenvalue weighted by atomic mass is 16.5. The highest BCUT2D eigenvalue weighted by Gasteiger charge is 2.27. The van der Waals surface area contributed by atoms with E-state index in [1.165, 1.54) is 0 Å². The van der Waals surface area contributed by atoms with Crippen LogP contribution in [0.1, 0.15) is 33.6 Å². The van der Waals surface area contributed by atoms with Crippen molar-refractivity contribution in [2.24, 2.45) is 0 Å². The van der Waals surface area contributed by atoms with Crippen molar-refractivity contribution in [2.45, 2.75) is 19.3 Å². The highest BCUT2D eigenvalue weighted by Crippen LogP contribution is 2.41. The van der Waals surface area contributed by atoms with Crippen LogP contribution < -0.4 is 5.32 Å². The number of aryl methyl sites for hydroxylation is 1. The molecule has 0 radical (unpaired) electrons. The molecule has 3 aromatic carbocycles. The predicted octanol–water partition coefficient (Wildman–Crippen LogP) is 6.32. The number of rotatable bonds is 6. The van der Waals surface area contributed by atoms with Crippen molar-refractivity contribution in [1.29, 1.82) is 5.26 Å². The average molecular weight is 514 g/mol. The minimum absolute atomic E-state index is 0.00603. The Balaban J connectivity index is 1.28. The van der Waals surface area contributed by atoms with Crippen molar-refractivity contribution in [3.8, 4) is 28.5 Å². The number of anilines is 1. The number of nitriles is 1. The number of amides is 1. The molecular weight excluding hydrogens is 490 g/mol. The molecule has 2 aromatic heterocycles. The van der Waals surface area contributed by atoms with Crippen molar-refractivity contribution in [3.05, 3.63) is 107 Å². The van der Waals surface area contributed by atoms with Crippen molar-refractivity contribution in [3.63, 3.8) is 0 Å². The third-order valence-electron chi connectivity index (χ3n) is 6.83. The molecule has 39 heavy (non-hydrogen) atoms. The Hall–Kier alpha value is -5.22. The van der Waals surface area contributed by atoms with Gasteiger partial charge in [0.2, 0.25) is 5.88 Å². The lowest BCUT2D eigenvalue weighted by atomic mass is 9.98. The molecule has 7 heteroatoms. The van der Waals surface area contributed by atoms with E-state index in [9.17, 15) is 14.9 Å². The molecule has 1 amide bonds. The van der Waals surface area contributed by atoms with Gasteiger partial charge in [0.05, 0.1) is 11.1 Å². The fourth-order valence-electron chi connectivity index (χ4n) is 5.11. The van der Waals surface area contributed by atoms with E-state index in [-0.39, 0.29) is 11.4 Å². The van der Waals surface area contributed by atoms with Crippen molar-refractivity contribution in [1.82, 2.24) is 4.98 Å². The Kier molecular flexibility index (Phi) is 6.36. The Bertz CT molecular complexity index is 1750. The van der Waals surface area contributed by atoms with Crippen molar-refractivity contribution in [2.75, 3.05) is 11.9 Å². The summed E-state index contributed by atoms with van der Waals surface area (Å²) in [5.74, 6) is -0.712. The number of hydrogen-bond donors (Lipinski definition) is 1. The summed E-state index contributed by atoms with van der Waals surface area (Å²) in [4.78, 5) is 30.9. The van der Waals surface area contributed by atoms with Gasteiger partial charge >= 0.3 is 5.97 Å². The van der Waals surface area contributed by atoms with E-state index in [0.29, 0.717) is 22.3 Å².